The van der Waals surface area contributed by atoms with Crippen molar-refractivity contribution in [3.63, 3.8) is 0 Å². The molecule has 1 unspecified atom stereocenters. The van der Waals surface area contributed by atoms with Gasteiger partial charge in [-0.2, -0.15) is 0 Å². The first kappa shape index (κ1) is 10.2. The van der Waals surface area contributed by atoms with Crippen LogP contribution in [0.3, 0.4) is 0 Å². The highest BCUT2D eigenvalue weighted by molar-refractivity contribution is 6.64. The molecule has 1 aromatic heterocycles. The smallest absolute Gasteiger partial charge is 0.238 e. The van der Waals surface area contributed by atoms with Crippen LogP contribution in [0.15, 0.2) is 30.5 Å². The Morgan fingerprint density at radius 2 is 2.20 bits per heavy atom. The Labute approximate surface area is 92.2 Å². The Bertz CT molecular complexity index is 492. The van der Waals surface area contributed by atoms with Gasteiger partial charge in [0, 0.05) is 17.1 Å². The number of hydrogen-bond donors (Lipinski definition) is 2. The molecule has 1 aromatic carbocycles. The van der Waals surface area contributed by atoms with E-state index in [2.05, 4.69) is 4.98 Å². The zero-order valence-electron chi connectivity index (χ0n) is 8.03. The van der Waals surface area contributed by atoms with Gasteiger partial charge in [0.1, 0.15) is 0 Å². The van der Waals surface area contributed by atoms with Gasteiger partial charge in [0.05, 0.1) is 6.04 Å². The molecule has 2 rings (SSSR count). The van der Waals surface area contributed by atoms with Crippen molar-refractivity contribution in [1.82, 2.24) is 4.98 Å². The fraction of sp³-hybridized carbons (Fsp3) is 0.182. The Morgan fingerprint density at radius 1 is 1.47 bits per heavy atom. The predicted molar refractivity (Wildman–Crippen MR) is 60.8 cm³/mol. The molecule has 0 aliphatic rings. The highest BCUT2D eigenvalue weighted by atomic mass is 35.5. The summed E-state index contributed by atoms with van der Waals surface area (Å²) in [4.78, 5) is 14.0. The van der Waals surface area contributed by atoms with E-state index in [9.17, 15) is 4.79 Å². The van der Waals surface area contributed by atoms with Crippen LogP contribution in [0.1, 0.15) is 5.56 Å². The van der Waals surface area contributed by atoms with Crippen LogP contribution < -0.4 is 5.73 Å². The lowest BCUT2D eigenvalue weighted by molar-refractivity contribution is -0.112. The summed E-state index contributed by atoms with van der Waals surface area (Å²) in [5.74, 6) is 0. The molecule has 0 spiro atoms. The quantitative estimate of drug-likeness (QED) is 0.779. The number of para-hydroxylation sites is 1. The van der Waals surface area contributed by atoms with Crippen LogP contribution >= 0.6 is 11.6 Å². The van der Waals surface area contributed by atoms with Gasteiger partial charge in [-0.1, -0.05) is 18.2 Å². The predicted octanol–water partition coefficient (Wildman–Crippen LogP) is 1.80. The van der Waals surface area contributed by atoms with E-state index in [4.69, 9.17) is 17.3 Å². The third kappa shape index (κ3) is 2.03. The topological polar surface area (TPSA) is 58.9 Å². The van der Waals surface area contributed by atoms with Crippen molar-refractivity contribution < 1.29 is 4.79 Å². The van der Waals surface area contributed by atoms with E-state index in [0.29, 0.717) is 6.42 Å². The number of rotatable bonds is 3. The number of H-pyrrole nitrogens is 1. The number of nitrogens with one attached hydrogen (secondary N) is 1. The SMILES string of the molecule is NC(Cc1c[nH]c2ccccc12)C(=O)Cl. The van der Waals surface area contributed by atoms with E-state index in [1.807, 2.05) is 30.5 Å². The number of hydrogen-bond acceptors (Lipinski definition) is 2. The van der Waals surface area contributed by atoms with E-state index >= 15 is 0 Å². The highest BCUT2D eigenvalue weighted by Crippen LogP contribution is 2.18. The van der Waals surface area contributed by atoms with E-state index < -0.39 is 11.3 Å². The maximum atomic E-state index is 10.8. The second-order valence-electron chi connectivity index (χ2n) is 3.47. The zero-order chi connectivity index (χ0) is 10.8. The first-order valence-electron chi connectivity index (χ1n) is 4.68. The largest absolute Gasteiger partial charge is 0.361 e. The van der Waals surface area contributed by atoms with Gasteiger partial charge in [-0.15, -0.1) is 0 Å². The summed E-state index contributed by atoms with van der Waals surface area (Å²) in [5.41, 5.74) is 7.67. The van der Waals surface area contributed by atoms with Crippen molar-refractivity contribution in [2.24, 2.45) is 5.73 Å². The van der Waals surface area contributed by atoms with Gasteiger partial charge < -0.3 is 10.7 Å². The molecule has 0 radical (unpaired) electrons. The van der Waals surface area contributed by atoms with Gasteiger partial charge in [-0.25, -0.2) is 0 Å². The summed E-state index contributed by atoms with van der Waals surface area (Å²) < 4.78 is 0. The van der Waals surface area contributed by atoms with E-state index in [0.717, 1.165) is 16.5 Å². The molecular formula is C11H11ClN2O. The van der Waals surface area contributed by atoms with Crippen LogP contribution in [0, 0.1) is 0 Å². The van der Waals surface area contributed by atoms with Crippen molar-refractivity contribution in [2.75, 3.05) is 0 Å². The van der Waals surface area contributed by atoms with Crippen LogP contribution in [-0.2, 0) is 11.2 Å². The molecule has 0 saturated carbocycles. The average Bonchev–Trinajstić information content (AvgIpc) is 2.62. The van der Waals surface area contributed by atoms with Crippen LogP contribution in [0.5, 0.6) is 0 Å². The van der Waals surface area contributed by atoms with Crippen molar-refractivity contribution in [3.05, 3.63) is 36.0 Å². The van der Waals surface area contributed by atoms with Crippen molar-refractivity contribution >= 4 is 27.7 Å². The van der Waals surface area contributed by atoms with E-state index in [1.54, 1.807) is 0 Å². The second kappa shape index (κ2) is 4.04. The highest BCUT2D eigenvalue weighted by Gasteiger charge is 2.13. The van der Waals surface area contributed by atoms with Crippen molar-refractivity contribution in [3.8, 4) is 0 Å². The lowest BCUT2D eigenvalue weighted by Gasteiger charge is -2.04. The second-order valence-corrected chi connectivity index (χ2v) is 3.85. The third-order valence-corrected chi connectivity index (χ3v) is 2.69. The maximum Gasteiger partial charge on any atom is 0.238 e. The molecule has 15 heavy (non-hydrogen) atoms. The van der Waals surface area contributed by atoms with Gasteiger partial charge in [0.2, 0.25) is 5.24 Å². The molecular weight excluding hydrogens is 212 g/mol. The minimum absolute atomic E-state index is 0.465. The minimum atomic E-state index is -0.633. The standard InChI is InChI=1S/C11H11ClN2O/c12-11(15)9(13)5-7-6-14-10-4-2-1-3-8(7)10/h1-4,6,9,14H,5,13H2. The summed E-state index contributed by atoms with van der Waals surface area (Å²) in [7, 11) is 0. The Kier molecular flexibility index (Phi) is 2.75. The lowest BCUT2D eigenvalue weighted by atomic mass is 10.1. The van der Waals surface area contributed by atoms with Gasteiger partial charge in [-0.05, 0) is 29.7 Å². The monoisotopic (exact) mass is 222 g/mol. The number of benzene rings is 1. The molecule has 3 N–H and O–H groups in total. The van der Waals surface area contributed by atoms with Gasteiger partial charge in [0.25, 0.3) is 0 Å². The first-order chi connectivity index (χ1) is 7.18. The first-order valence-corrected chi connectivity index (χ1v) is 5.06. The van der Waals surface area contributed by atoms with Crippen molar-refractivity contribution in [1.29, 1.82) is 0 Å². The molecule has 0 saturated heterocycles. The molecule has 0 fully saturated rings. The molecule has 2 aromatic rings. The molecule has 0 aliphatic heterocycles. The Morgan fingerprint density at radius 3 is 2.93 bits per heavy atom. The summed E-state index contributed by atoms with van der Waals surface area (Å²) in [6.45, 7) is 0. The molecule has 1 heterocycles. The number of carbonyl (C=O) groups excluding carboxylic acids is 1. The number of fused-ring (bicyclic) bond motifs is 1. The lowest BCUT2D eigenvalue weighted by Crippen LogP contribution is -2.29. The molecule has 4 heteroatoms. The molecule has 1 atom stereocenters. The summed E-state index contributed by atoms with van der Waals surface area (Å²) in [5, 5.41) is 0.589. The number of nitrogens with two attached hydrogens (primary N) is 1. The summed E-state index contributed by atoms with van der Waals surface area (Å²) in [6, 6.07) is 7.24. The van der Waals surface area contributed by atoms with Gasteiger partial charge in [-0.3, -0.25) is 4.79 Å². The van der Waals surface area contributed by atoms with E-state index in [1.165, 1.54) is 0 Å². The fourth-order valence-corrected chi connectivity index (χ4v) is 1.69. The summed E-state index contributed by atoms with van der Waals surface area (Å²) in [6.07, 6.45) is 2.33. The number of aromatic nitrogens is 1. The maximum absolute atomic E-state index is 10.8. The van der Waals surface area contributed by atoms with E-state index in [-0.39, 0.29) is 0 Å². The Balaban J connectivity index is 2.32. The fourth-order valence-electron chi connectivity index (χ4n) is 1.62. The third-order valence-electron chi connectivity index (χ3n) is 2.41. The molecule has 3 nitrogen and oxygen atoms in total. The molecule has 78 valence electrons. The van der Waals surface area contributed by atoms with Gasteiger partial charge in [0.15, 0.2) is 0 Å². The molecule has 0 amide bonds. The summed E-state index contributed by atoms with van der Waals surface area (Å²) >= 11 is 5.32. The van der Waals surface area contributed by atoms with Crippen LogP contribution in [0.2, 0.25) is 0 Å². The van der Waals surface area contributed by atoms with Crippen molar-refractivity contribution in [2.45, 2.75) is 12.5 Å². The number of carbonyl (C=O) groups is 1. The minimum Gasteiger partial charge on any atom is -0.361 e. The van der Waals surface area contributed by atoms with Crippen LogP contribution in [-0.4, -0.2) is 16.3 Å². The Hall–Kier alpha value is -1.32. The van der Waals surface area contributed by atoms with Crippen LogP contribution in [0.25, 0.3) is 10.9 Å². The molecule has 0 aliphatic carbocycles. The number of aromatic amines is 1. The zero-order valence-corrected chi connectivity index (χ0v) is 8.79. The normalized spacial score (nSPS) is 12.9. The van der Waals surface area contributed by atoms with Crippen LogP contribution in [0.4, 0.5) is 0 Å². The van der Waals surface area contributed by atoms with Gasteiger partial charge >= 0.3 is 0 Å². The molecule has 0 bridgehead atoms. The number of halogens is 1. The average molecular weight is 223 g/mol.